The van der Waals surface area contributed by atoms with E-state index in [9.17, 15) is 0 Å². The molecule has 0 N–H and O–H groups in total. The summed E-state index contributed by atoms with van der Waals surface area (Å²) in [5.74, 6) is 0.814. The lowest BCUT2D eigenvalue weighted by Crippen LogP contribution is -1.88. The molecular formula is C15H12Cl2N2O. The first-order valence-electron chi connectivity index (χ1n) is 6.08. The first kappa shape index (κ1) is 13.3. The van der Waals surface area contributed by atoms with Gasteiger partial charge in [-0.15, -0.1) is 0 Å². The molecule has 0 saturated heterocycles. The molecule has 0 saturated carbocycles. The number of imidazole rings is 1. The van der Waals surface area contributed by atoms with Gasteiger partial charge in [0.25, 0.3) is 0 Å². The van der Waals surface area contributed by atoms with E-state index < -0.39 is 0 Å². The predicted octanol–water partition coefficient (Wildman–Crippen LogP) is 4.63. The summed E-state index contributed by atoms with van der Waals surface area (Å²) in [7, 11) is 1.64. The summed E-state index contributed by atoms with van der Waals surface area (Å²) in [5.41, 5.74) is 3.39. The number of aromatic nitrogens is 2. The minimum atomic E-state index is 0.581. The fourth-order valence-electron chi connectivity index (χ4n) is 2.05. The number of nitrogens with zero attached hydrogens (tertiary/aromatic N) is 2. The lowest BCUT2D eigenvalue weighted by atomic mass is 10.2. The second kappa shape index (κ2) is 5.00. The normalized spacial score (nSPS) is 11.0. The molecule has 0 bridgehead atoms. The number of hydrogen-bond donors (Lipinski definition) is 0. The fourth-order valence-corrected chi connectivity index (χ4v) is 2.54. The van der Waals surface area contributed by atoms with E-state index in [4.69, 9.17) is 27.9 Å². The van der Waals surface area contributed by atoms with E-state index >= 15 is 0 Å². The van der Waals surface area contributed by atoms with Crippen LogP contribution in [0.15, 0.2) is 36.7 Å². The molecule has 0 spiro atoms. The van der Waals surface area contributed by atoms with Crippen molar-refractivity contribution in [1.29, 1.82) is 0 Å². The summed E-state index contributed by atoms with van der Waals surface area (Å²) in [4.78, 5) is 4.57. The van der Waals surface area contributed by atoms with E-state index in [1.807, 2.05) is 48.0 Å². The van der Waals surface area contributed by atoms with Crippen molar-refractivity contribution >= 4 is 28.8 Å². The number of methoxy groups -OCH3 is 1. The van der Waals surface area contributed by atoms with Gasteiger partial charge >= 0.3 is 0 Å². The SMILES string of the molecule is COc1ccc(-c2cn3cc(Cl)c(C)c(Cl)c3n2)cc1. The van der Waals surface area contributed by atoms with Crippen molar-refractivity contribution in [3.8, 4) is 17.0 Å². The van der Waals surface area contributed by atoms with Crippen molar-refractivity contribution in [2.24, 2.45) is 0 Å². The molecule has 1 aromatic carbocycles. The molecule has 0 aliphatic carbocycles. The molecule has 20 heavy (non-hydrogen) atoms. The second-order valence-corrected chi connectivity index (χ2v) is 5.29. The maximum absolute atomic E-state index is 6.29. The number of hydrogen-bond acceptors (Lipinski definition) is 2. The zero-order valence-electron chi connectivity index (χ0n) is 11.0. The monoisotopic (exact) mass is 306 g/mol. The first-order valence-corrected chi connectivity index (χ1v) is 6.83. The molecule has 0 radical (unpaired) electrons. The maximum atomic E-state index is 6.29. The summed E-state index contributed by atoms with van der Waals surface area (Å²) in [6, 6.07) is 7.73. The van der Waals surface area contributed by atoms with Crippen LogP contribution in [-0.4, -0.2) is 16.5 Å². The number of fused-ring (bicyclic) bond motifs is 1. The Morgan fingerprint density at radius 1 is 1.10 bits per heavy atom. The third kappa shape index (κ3) is 2.13. The van der Waals surface area contributed by atoms with Crippen molar-refractivity contribution in [3.05, 3.63) is 52.3 Å². The Morgan fingerprint density at radius 2 is 1.80 bits per heavy atom. The van der Waals surface area contributed by atoms with Crippen LogP contribution in [0.3, 0.4) is 0 Å². The van der Waals surface area contributed by atoms with E-state index in [-0.39, 0.29) is 0 Å². The number of pyridine rings is 1. The van der Waals surface area contributed by atoms with Gasteiger partial charge in [-0.1, -0.05) is 23.2 Å². The topological polar surface area (TPSA) is 26.5 Å². The smallest absolute Gasteiger partial charge is 0.156 e. The lowest BCUT2D eigenvalue weighted by molar-refractivity contribution is 0.415. The van der Waals surface area contributed by atoms with Gasteiger partial charge in [0.1, 0.15) is 5.75 Å². The highest BCUT2D eigenvalue weighted by molar-refractivity contribution is 6.37. The van der Waals surface area contributed by atoms with Crippen molar-refractivity contribution in [2.75, 3.05) is 7.11 Å². The molecule has 102 valence electrons. The van der Waals surface area contributed by atoms with Crippen LogP contribution in [-0.2, 0) is 0 Å². The maximum Gasteiger partial charge on any atom is 0.156 e. The van der Waals surface area contributed by atoms with Crippen molar-refractivity contribution < 1.29 is 4.74 Å². The van der Waals surface area contributed by atoms with Crippen LogP contribution in [0.25, 0.3) is 16.9 Å². The molecule has 0 aliphatic heterocycles. The van der Waals surface area contributed by atoms with Gasteiger partial charge in [0, 0.05) is 18.0 Å². The third-order valence-corrected chi connectivity index (χ3v) is 4.09. The van der Waals surface area contributed by atoms with E-state index in [0.29, 0.717) is 15.7 Å². The molecule has 3 rings (SSSR count). The molecule has 3 aromatic rings. The Morgan fingerprint density at radius 3 is 2.45 bits per heavy atom. The Hall–Kier alpha value is -1.71. The molecule has 0 unspecified atom stereocenters. The van der Waals surface area contributed by atoms with Crippen LogP contribution < -0.4 is 4.74 Å². The Bertz CT molecular complexity index is 779. The van der Waals surface area contributed by atoms with Crippen molar-refractivity contribution in [1.82, 2.24) is 9.38 Å². The van der Waals surface area contributed by atoms with Crippen LogP contribution in [0.2, 0.25) is 10.0 Å². The summed E-state index contributed by atoms with van der Waals surface area (Å²) < 4.78 is 6.99. The van der Waals surface area contributed by atoms with E-state index in [1.54, 1.807) is 7.11 Å². The summed E-state index contributed by atoms with van der Waals surface area (Å²) in [5, 5.41) is 1.21. The number of rotatable bonds is 2. The molecule has 0 atom stereocenters. The van der Waals surface area contributed by atoms with Gasteiger partial charge in [-0.05, 0) is 36.8 Å². The Labute approximate surface area is 126 Å². The second-order valence-electron chi connectivity index (χ2n) is 4.50. The molecule has 2 aromatic heterocycles. The molecule has 5 heteroatoms. The zero-order chi connectivity index (χ0) is 14.3. The van der Waals surface area contributed by atoms with Crippen LogP contribution in [0, 0.1) is 6.92 Å². The highest BCUT2D eigenvalue weighted by Gasteiger charge is 2.11. The van der Waals surface area contributed by atoms with Gasteiger partial charge in [-0.3, -0.25) is 0 Å². The molecular weight excluding hydrogens is 295 g/mol. The summed E-state index contributed by atoms with van der Waals surface area (Å²) in [6.07, 6.45) is 3.73. The minimum Gasteiger partial charge on any atom is -0.497 e. The van der Waals surface area contributed by atoms with Gasteiger partial charge in [0.2, 0.25) is 0 Å². The van der Waals surface area contributed by atoms with Crippen molar-refractivity contribution in [2.45, 2.75) is 6.92 Å². The van der Waals surface area contributed by atoms with E-state index in [0.717, 1.165) is 22.6 Å². The Kier molecular flexibility index (Phi) is 3.32. The van der Waals surface area contributed by atoms with E-state index in [2.05, 4.69) is 4.98 Å². The fraction of sp³-hybridized carbons (Fsp3) is 0.133. The van der Waals surface area contributed by atoms with Crippen LogP contribution >= 0.6 is 23.2 Å². The lowest BCUT2D eigenvalue weighted by Gasteiger charge is -2.02. The van der Waals surface area contributed by atoms with E-state index in [1.165, 1.54) is 0 Å². The molecule has 0 aliphatic rings. The van der Waals surface area contributed by atoms with Gasteiger partial charge in [-0.25, -0.2) is 4.98 Å². The minimum absolute atomic E-state index is 0.581. The first-order chi connectivity index (χ1) is 9.60. The largest absolute Gasteiger partial charge is 0.497 e. The quantitative estimate of drug-likeness (QED) is 0.690. The Balaban J connectivity index is 2.15. The predicted molar refractivity (Wildman–Crippen MR) is 81.9 cm³/mol. The number of ether oxygens (including phenoxy) is 1. The van der Waals surface area contributed by atoms with Crippen molar-refractivity contribution in [3.63, 3.8) is 0 Å². The summed E-state index contributed by atoms with van der Waals surface area (Å²) >= 11 is 12.4. The summed E-state index contributed by atoms with van der Waals surface area (Å²) in [6.45, 7) is 1.88. The number of halogens is 2. The average Bonchev–Trinajstić information content (AvgIpc) is 2.89. The average molecular weight is 307 g/mol. The van der Waals surface area contributed by atoms with Gasteiger partial charge in [0.05, 0.1) is 22.8 Å². The third-order valence-electron chi connectivity index (χ3n) is 3.25. The molecule has 3 nitrogen and oxygen atoms in total. The van der Waals surface area contributed by atoms with Crippen LogP contribution in [0.5, 0.6) is 5.75 Å². The van der Waals surface area contributed by atoms with Crippen LogP contribution in [0.4, 0.5) is 0 Å². The molecule has 2 heterocycles. The van der Waals surface area contributed by atoms with Crippen LogP contribution in [0.1, 0.15) is 5.56 Å². The molecule has 0 fully saturated rings. The standard InChI is InChI=1S/C15H12Cl2N2O/c1-9-12(16)7-19-8-13(18-15(19)14(9)17)10-3-5-11(20-2)6-4-10/h3-8H,1-2H3. The molecule has 0 amide bonds. The zero-order valence-corrected chi connectivity index (χ0v) is 12.5. The highest BCUT2D eigenvalue weighted by Crippen LogP contribution is 2.30. The number of benzene rings is 1. The highest BCUT2D eigenvalue weighted by atomic mass is 35.5. The van der Waals surface area contributed by atoms with Gasteiger partial charge in [-0.2, -0.15) is 0 Å². The van der Waals surface area contributed by atoms with Gasteiger partial charge < -0.3 is 9.14 Å². The van der Waals surface area contributed by atoms with Gasteiger partial charge in [0.15, 0.2) is 5.65 Å².